The van der Waals surface area contributed by atoms with E-state index in [9.17, 15) is 14.4 Å². The molecule has 0 aromatic heterocycles. The fourth-order valence-electron chi connectivity index (χ4n) is 5.57. The molecule has 0 radical (unpaired) electrons. The van der Waals surface area contributed by atoms with Crippen molar-refractivity contribution < 1.29 is 23.9 Å². The van der Waals surface area contributed by atoms with Crippen molar-refractivity contribution in [3.63, 3.8) is 0 Å². The van der Waals surface area contributed by atoms with Crippen molar-refractivity contribution in [3.05, 3.63) is 76.5 Å². The van der Waals surface area contributed by atoms with Crippen molar-refractivity contribution in [2.45, 2.75) is 52.6 Å². The third kappa shape index (κ3) is 6.56. The van der Waals surface area contributed by atoms with Crippen molar-refractivity contribution in [2.24, 2.45) is 0 Å². The molecule has 0 aliphatic carbocycles. The second-order valence-corrected chi connectivity index (χ2v) is 10.8. The van der Waals surface area contributed by atoms with Crippen LogP contribution in [0.1, 0.15) is 68.1 Å². The van der Waals surface area contributed by atoms with Crippen LogP contribution < -0.4 is 10.1 Å². The van der Waals surface area contributed by atoms with Crippen LogP contribution in [0.15, 0.2) is 59.8 Å². The number of benzene rings is 2. The Labute approximate surface area is 243 Å². The number of hydrogen-bond donors (Lipinski definition) is 1. The van der Waals surface area contributed by atoms with Crippen LogP contribution in [0.25, 0.3) is 0 Å². The number of esters is 1. The summed E-state index contributed by atoms with van der Waals surface area (Å²) in [4.78, 5) is 45.7. The van der Waals surface area contributed by atoms with Crippen molar-refractivity contribution in [3.8, 4) is 5.75 Å². The predicted molar refractivity (Wildman–Crippen MR) is 158 cm³/mol. The lowest BCUT2D eigenvalue weighted by molar-refractivity contribution is -0.139. The molecule has 41 heavy (non-hydrogen) atoms. The number of likely N-dealkylation sites (N-methyl/N-ethyl adjacent to an activating group) is 1. The maximum absolute atomic E-state index is 13.4. The molecule has 9 nitrogen and oxygen atoms in total. The normalized spacial score (nSPS) is 19.8. The molecule has 2 aliphatic rings. The standard InChI is InChI=1S/C32H42N4O5/c1-7-35-27(20-34-17-18-36(22(5)19-34)30(37)25-13-15-26(40-6)16-14-25)28(31(38)41-8-2)29(33-32(35)39)24-11-9-23(10-12-24)21(3)4/h9-16,21-22,29H,7-8,17-20H2,1-6H3,(H,33,39). The number of urea groups is 1. The van der Waals surface area contributed by atoms with E-state index in [1.165, 1.54) is 5.56 Å². The first-order valence-electron chi connectivity index (χ1n) is 14.4. The molecule has 1 N–H and O–H groups in total. The molecular formula is C32H42N4O5. The van der Waals surface area contributed by atoms with Crippen LogP contribution in [0.5, 0.6) is 5.75 Å². The zero-order chi connectivity index (χ0) is 29.7. The van der Waals surface area contributed by atoms with Gasteiger partial charge in [0, 0.05) is 50.0 Å². The third-order valence-electron chi connectivity index (χ3n) is 7.87. The highest BCUT2D eigenvalue weighted by Crippen LogP contribution is 2.33. The van der Waals surface area contributed by atoms with Crippen LogP contribution in [-0.4, -0.2) is 85.1 Å². The summed E-state index contributed by atoms with van der Waals surface area (Å²) in [5.74, 6) is 0.619. The summed E-state index contributed by atoms with van der Waals surface area (Å²) in [6.07, 6.45) is 0. The minimum Gasteiger partial charge on any atom is -0.497 e. The molecule has 1 fully saturated rings. The lowest BCUT2D eigenvalue weighted by atomic mass is 9.92. The number of nitrogens with one attached hydrogen (secondary N) is 1. The van der Waals surface area contributed by atoms with Crippen LogP contribution in [-0.2, 0) is 9.53 Å². The third-order valence-corrected chi connectivity index (χ3v) is 7.87. The lowest BCUT2D eigenvalue weighted by Crippen LogP contribution is -2.56. The lowest BCUT2D eigenvalue weighted by Gasteiger charge is -2.43. The first kappa shape index (κ1) is 30.1. The molecule has 3 amide bonds. The molecule has 0 saturated carbocycles. The molecule has 0 bridgehead atoms. The van der Waals surface area contributed by atoms with Crippen molar-refractivity contribution in [1.29, 1.82) is 0 Å². The summed E-state index contributed by atoms with van der Waals surface area (Å²) < 4.78 is 10.7. The largest absolute Gasteiger partial charge is 0.497 e. The molecule has 4 rings (SSSR count). The van der Waals surface area contributed by atoms with Gasteiger partial charge in [0.15, 0.2) is 0 Å². The minimum atomic E-state index is -0.615. The predicted octanol–water partition coefficient (Wildman–Crippen LogP) is 4.57. The van der Waals surface area contributed by atoms with Gasteiger partial charge in [0.2, 0.25) is 0 Å². The van der Waals surface area contributed by atoms with E-state index in [0.717, 1.165) is 5.56 Å². The number of amides is 3. The molecule has 2 aliphatic heterocycles. The fraction of sp³-hybridized carbons (Fsp3) is 0.469. The van der Waals surface area contributed by atoms with E-state index in [-0.39, 0.29) is 24.6 Å². The average molecular weight is 563 g/mol. The highest BCUT2D eigenvalue weighted by atomic mass is 16.5. The van der Waals surface area contributed by atoms with E-state index < -0.39 is 12.0 Å². The molecular weight excluding hydrogens is 520 g/mol. The van der Waals surface area contributed by atoms with E-state index in [1.54, 1.807) is 43.2 Å². The fourth-order valence-corrected chi connectivity index (χ4v) is 5.57. The maximum Gasteiger partial charge on any atom is 0.338 e. The quantitative estimate of drug-likeness (QED) is 0.451. The van der Waals surface area contributed by atoms with Crippen molar-refractivity contribution >= 4 is 17.9 Å². The number of rotatable bonds is 9. The first-order chi connectivity index (χ1) is 19.7. The van der Waals surface area contributed by atoms with Gasteiger partial charge in [-0.3, -0.25) is 14.6 Å². The van der Waals surface area contributed by atoms with Crippen LogP contribution >= 0.6 is 0 Å². The molecule has 1 saturated heterocycles. The minimum absolute atomic E-state index is 0.0247. The molecule has 2 atom stereocenters. The topological polar surface area (TPSA) is 91.4 Å². The SMILES string of the molecule is CCOC(=O)C1=C(CN2CCN(C(=O)c3ccc(OC)cc3)C(C)C2)N(CC)C(=O)NC1c1ccc(C(C)C)cc1. The Morgan fingerprint density at radius 2 is 1.71 bits per heavy atom. The van der Waals surface area contributed by atoms with Crippen LogP contribution in [0.2, 0.25) is 0 Å². The Morgan fingerprint density at radius 1 is 1.02 bits per heavy atom. The second-order valence-electron chi connectivity index (χ2n) is 10.8. The Morgan fingerprint density at radius 3 is 2.27 bits per heavy atom. The summed E-state index contributed by atoms with van der Waals surface area (Å²) in [7, 11) is 1.60. The monoisotopic (exact) mass is 562 g/mol. The van der Waals surface area contributed by atoms with Gasteiger partial charge in [-0.05, 0) is 62.1 Å². The molecule has 2 aromatic rings. The zero-order valence-corrected chi connectivity index (χ0v) is 25.0. The summed E-state index contributed by atoms with van der Waals surface area (Å²) in [5.41, 5.74) is 3.74. The van der Waals surface area contributed by atoms with Gasteiger partial charge < -0.3 is 19.7 Å². The van der Waals surface area contributed by atoms with Gasteiger partial charge in [0.25, 0.3) is 5.91 Å². The number of carbonyl (C=O) groups is 3. The molecule has 220 valence electrons. The van der Waals surface area contributed by atoms with Crippen molar-refractivity contribution in [2.75, 3.05) is 46.4 Å². The molecule has 0 spiro atoms. The maximum atomic E-state index is 13.4. The van der Waals surface area contributed by atoms with Gasteiger partial charge in [-0.1, -0.05) is 38.1 Å². The molecule has 9 heteroatoms. The Hall–Kier alpha value is -3.85. The number of ether oxygens (including phenoxy) is 2. The van der Waals surface area contributed by atoms with Gasteiger partial charge in [-0.25, -0.2) is 9.59 Å². The highest BCUT2D eigenvalue weighted by Gasteiger charge is 2.39. The first-order valence-corrected chi connectivity index (χ1v) is 14.4. The number of piperazine rings is 1. The van der Waals surface area contributed by atoms with E-state index in [2.05, 4.69) is 24.1 Å². The number of hydrogen-bond acceptors (Lipinski definition) is 6. The number of carbonyl (C=O) groups excluding carboxylic acids is 3. The Balaban J connectivity index is 1.61. The number of methoxy groups -OCH3 is 1. The summed E-state index contributed by atoms with van der Waals surface area (Å²) in [6, 6.07) is 14.3. The molecule has 2 aromatic carbocycles. The van der Waals surface area contributed by atoms with E-state index in [4.69, 9.17) is 9.47 Å². The van der Waals surface area contributed by atoms with Crippen molar-refractivity contribution in [1.82, 2.24) is 20.0 Å². The second kappa shape index (κ2) is 13.2. The van der Waals surface area contributed by atoms with Gasteiger partial charge in [-0.15, -0.1) is 0 Å². The van der Waals surface area contributed by atoms with Gasteiger partial charge in [0.05, 0.1) is 25.3 Å². The summed E-state index contributed by atoms with van der Waals surface area (Å²) >= 11 is 0. The van der Waals surface area contributed by atoms with Crippen LogP contribution in [0.3, 0.4) is 0 Å². The van der Waals surface area contributed by atoms with Gasteiger partial charge in [0.1, 0.15) is 5.75 Å². The molecule has 2 unspecified atom stereocenters. The Kier molecular flexibility index (Phi) is 9.70. The molecule has 2 heterocycles. The van der Waals surface area contributed by atoms with Gasteiger partial charge in [-0.2, -0.15) is 0 Å². The van der Waals surface area contributed by atoms with Crippen LogP contribution in [0, 0.1) is 0 Å². The summed E-state index contributed by atoms with van der Waals surface area (Å²) in [6.45, 7) is 12.8. The summed E-state index contributed by atoms with van der Waals surface area (Å²) in [5, 5.41) is 3.04. The van der Waals surface area contributed by atoms with E-state index in [0.29, 0.717) is 61.2 Å². The number of nitrogens with zero attached hydrogens (tertiary/aromatic N) is 3. The average Bonchev–Trinajstić information content (AvgIpc) is 2.97. The zero-order valence-electron chi connectivity index (χ0n) is 25.0. The van der Waals surface area contributed by atoms with E-state index in [1.807, 2.05) is 43.0 Å². The van der Waals surface area contributed by atoms with E-state index >= 15 is 0 Å². The smallest absolute Gasteiger partial charge is 0.338 e. The Bertz CT molecular complexity index is 1270. The van der Waals surface area contributed by atoms with Gasteiger partial charge >= 0.3 is 12.0 Å². The van der Waals surface area contributed by atoms with Crippen LogP contribution in [0.4, 0.5) is 4.79 Å². The highest BCUT2D eigenvalue weighted by molar-refractivity contribution is 5.95.